The molecule has 0 saturated carbocycles. The van der Waals surface area contributed by atoms with E-state index in [4.69, 9.17) is 0 Å². The Hall–Kier alpha value is -0.230. The van der Waals surface area contributed by atoms with Gasteiger partial charge in [-0.3, -0.25) is 0 Å². The number of thiazole rings is 1. The van der Waals surface area contributed by atoms with Gasteiger partial charge in [0.1, 0.15) is 11.1 Å². The van der Waals surface area contributed by atoms with Gasteiger partial charge in [0.15, 0.2) is 0 Å². The fourth-order valence-corrected chi connectivity index (χ4v) is 3.67. The Kier molecular flexibility index (Phi) is 3.25. The highest BCUT2D eigenvalue weighted by molar-refractivity contribution is 9.10. The molecule has 2 nitrogen and oxygen atoms in total. The molecule has 15 heavy (non-hydrogen) atoms. The number of nitrogens with zero attached hydrogens (tertiary/aromatic N) is 1. The molecule has 0 amide bonds. The number of rotatable bonds is 2. The molecule has 2 aromatic rings. The summed E-state index contributed by atoms with van der Waals surface area (Å²) in [7, 11) is 0. The Labute approximate surface area is 105 Å². The van der Waals surface area contributed by atoms with E-state index in [0.29, 0.717) is 0 Å². The van der Waals surface area contributed by atoms with Crippen molar-refractivity contribution in [2.45, 2.75) is 20.0 Å². The van der Waals surface area contributed by atoms with Gasteiger partial charge in [0.25, 0.3) is 0 Å². The predicted molar refractivity (Wildman–Crippen MR) is 68.5 cm³/mol. The Morgan fingerprint density at radius 2 is 2.27 bits per heavy atom. The Morgan fingerprint density at radius 1 is 1.53 bits per heavy atom. The van der Waals surface area contributed by atoms with Crippen molar-refractivity contribution in [3.63, 3.8) is 0 Å². The molecule has 0 radical (unpaired) electrons. The van der Waals surface area contributed by atoms with E-state index in [2.05, 4.69) is 27.0 Å². The summed E-state index contributed by atoms with van der Waals surface area (Å²) in [6, 6.07) is 2.05. The smallest absolute Gasteiger partial charge is 0.122 e. The predicted octanol–water partition coefficient (Wildman–Crippen LogP) is 4.00. The van der Waals surface area contributed by atoms with E-state index in [1.54, 1.807) is 29.6 Å². The lowest BCUT2D eigenvalue weighted by Gasteiger charge is -1.95. The lowest BCUT2D eigenvalue weighted by molar-refractivity contribution is 0.199. The number of halogens is 1. The standard InChI is InChI=1S/C10H10BrNOS2/c1-5(13)10-12-9(6(2)15-10)8-3-7(11)4-14-8/h3-5,13H,1-2H3. The summed E-state index contributed by atoms with van der Waals surface area (Å²) in [6.45, 7) is 3.78. The average molecular weight is 304 g/mol. The minimum absolute atomic E-state index is 0.481. The topological polar surface area (TPSA) is 33.1 Å². The van der Waals surface area contributed by atoms with Gasteiger partial charge in [-0.05, 0) is 35.8 Å². The number of aliphatic hydroxyl groups is 1. The van der Waals surface area contributed by atoms with Crippen LogP contribution in [0.5, 0.6) is 0 Å². The molecule has 2 aromatic heterocycles. The van der Waals surface area contributed by atoms with Crippen LogP contribution >= 0.6 is 38.6 Å². The van der Waals surface area contributed by atoms with E-state index < -0.39 is 6.10 Å². The van der Waals surface area contributed by atoms with Crippen LogP contribution in [0.3, 0.4) is 0 Å². The number of hydrogen-bond acceptors (Lipinski definition) is 4. The van der Waals surface area contributed by atoms with Crippen LogP contribution in [0.4, 0.5) is 0 Å². The Bertz CT molecular complexity index is 475. The monoisotopic (exact) mass is 303 g/mol. The zero-order chi connectivity index (χ0) is 11.0. The summed E-state index contributed by atoms with van der Waals surface area (Å²) in [6.07, 6.45) is -0.481. The molecule has 0 bridgehead atoms. The molecule has 0 aliphatic carbocycles. The third-order valence-corrected chi connectivity index (χ3v) is 4.81. The highest BCUT2D eigenvalue weighted by Gasteiger charge is 2.14. The molecular formula is C10H10BrNOS2. The first-order valence-corrected chi connectivity index (χ1v) is 6.96. The molecule has 2 rings (SSSR count). The minimum Gasteiger partial charge on any atom is -0.386 e. The van der Waals surface area contributed by atoms with Gasteiger partial charge in [0, 0.05) is 14.7 Å². The molecule has 0 aromatic carbocycles. The summed E-state index contributed by atoms with van der Waals surface area (Å²) in [5.74, 6) is 0. The van der Waals surface area contributed by atoms with Crippen LogP contribution in [-0.2, 0) is 0 Å². The van der Waals surface area contributed by atoms with Gasteiger partial charge in [-0.2, -0.15) is 0 Å². The summed E-state index contributed by atoms with van der Waals surface area (Å²) in [4.78, 5) is 6.75. The lowest BCUT2D eigenvalue weighted by atomic mass is 10.3. The molecular weight excluding hydrogens is 294 g/mol. The summed E-state index contributed by atoms with van der Waals surface area (Å²) in [5.41, 5.74) is 0.992. The molecule has 0 aliphatic heterocycles. The van der Waals surface area contributed by atoms with E-state index in [9.17, 15) is 5.11 Å². The van der Waals surface area contributed by atoms with Crippen molar-refractivity contribution >= 4 is 38.6 Å². The summed E-state index contributed by atoms with van der Waals surface area (Å²) in [5, 5.41) is 12.3. The Morgan fingerprint density at radius 3 is 2.73 bits per heavy atom. The maximum atomic E-state index is 9.46. The van der Waals surface area contributed by atoms with Crippen LogP contribution < -0.4 is 0 Å². The molecule has 1 atom stereocenters. The van der Waals surface area contributed by atoms with E-state index >= 15 is 0 Å². The zero-order valence-corrected chi connectivity index (χ0v) is 11.5. The average Bonchev–Trinajstić information content (AvgIpc) is 2.71. The van der Waals surface area contributed by atoms with Gasteiger partial charge >= 0.3 is 0 Å². The van der Waals surface area contributed by atoms with Crippen molar-refractivity contribution in [3.05, 3.63) is 25.8 Å². The molecule has 0 aliphatic rings. The largest absolute Gasteiger partial charge is 0.386 e. The van der Waals surface area contributed by atoms with Crippen molar-refractivity contribution in [2.75, 3.05) is 0 Å². The van der Waals surface area contributed by atoms with Crippen LogP contribution in [0.25, 0.3) is 10.6 Å². The van der Waals surface area contributed by atoms with Crippen LogP contribution in [-0.4, -0.2) is 10.1 Å². The second-order valence-electron chi connectivity index (χ2n) is 3.26. The number of hydrogen-bond donors (Lipinski definition) is 1. The van der Waals surface area contributed by atoms with Crippen molar-refractivity contribution in [1.29, 1.82) is 0 Å². The third kappa shape index (κ3) is 2.30. The molecule has 0 spiro atoms. The molecule has 1 N–H and O–H groups in total. The first-order valence-electron chi connectivity index (χ1n) is 4.47. The number of thiophene rings is 1. The van der Waals surface area contributed by atoms with Crippen molar-refractivity contribution in [2.24, 2.45) is 0 Å². The van der Waals surface area contributed by atoms with Crippen molar-refractivity contribution in [3.8, 4) is 10.6 Å². The lowest BCUT2D eigenvalue weighted by Crippen LogP contribution is -1.88. The summed E-state index contributed by atoms with van der Waals surface area (Å²) < 4.78 is 1.08. The van der Waals surface area contributed by atoms with Crippen molar-refractivity contribution in [1.82, 2.24) is 4.98 Å². The number of aryl methyl sites for hydroxylation is 1. The maximum absolute atomic E-state index is 9.46. The van der Waals surface area contributed by atoms with E-state index in [-0.39, 0.29) is 0 Å². The molecule has 5 heteroatoms. The molecule has 2 heterocycles. The van der Waals surface area contributed by atoms with Gasteiger partial charge in [-0.1, -0.05) is 0 Å². The quantitative estimate of drug-likeness (QED) is 0.910. The Balaban J connectivity index is 2.44. The van der Waals surface area contributed by atoms with Crippen LogP contribution in [0.15, 0.2) is 15.9 Å². The third-order valence-electron chi connectivity index (χ3n) is 1.97. The fraction of sp³-hybridized carbons (Fsp3) is 0.300. The van der Waals surface area contributed by atoms with E-state index in [1.165, 1.54) is 0 Å². The van der Waals surface area contributed by atoms with Crippen molar-refractivity contribution < 1.29 is 5.11 Å². The zero-order valence-electron chi connectivity index (χ0n) is 8.32. The SMILES string of the molecule is Cc1sc(C(C)O)nc1-c1cc(Br)cs1. The maximum Gasteiger partial charge on any atom is 0.122 e. The van der Waals surface area contributed by atoms with Gasteiger partial charge < -0.3 is 5.11 Å². The van der Waals surface area contributed by atoms with Crippen LogP contribution in [0, 0.1) is 6.92 Å². The van der Waals surface area contributed by atoms with E-state index in [0.717, 1.165) is 24.9 Å². The van der Waals surface area contributed by atoms with Gasteiger partial charge in [0.2, 0.25) is 0 Å². The minimum atomic E-state index is -0.481. The van der Waals surface area contributed by atoms with Crippen LogP contribution in [0.2, 0.25) is 0 Å². The highest BCUT2D eigenvalue weighted by Crippen LogP contribution is 2.35. The highest BCUT2D eigenvalue weighted by atomic mass is 79.9. The second kappa shape index (κ2) is 4.33. The first-order chi connectivity index (χ1) is 7.08. The van der Waals surface area contributed by atoms with E-state index in [1.807, 2.05) is 12.3 Å². The molecule has 0 saturated heterocycles. The molecule has 1 unspecified atom stereocenters. The first kappa shape index (κ1) is 11.3. The van der Waals surface area contributed by atoms with Gasteiger partial charge in [-0.25, -0.2) is 4.98 Å². The van der Waals surface area contributed by atoms with Gasteiger partial charge in [-0.15, -0.1) is 22.7 Å². The van der Waals surface area contributed by atoms with Crippen LogP contribution in [0.1, 0.15) is 22.9 Å². The number of aromatic nitrogens is 1. The number of aliphatic hydroxyl groups excluding tert-OH is 1. The van der Waals surface area contributed by atoms with Gasteiger partial charge in [0.05, 0.1) is 10.6 Å². The molecule has 80 valence electrons. The molecule has 0 fully saturated rings. The normalized spacial score (nSPS) is 13.1. The second-order valence-corrected chi connectivity index (χ2v) is 6.32. The fourth-order valence-electron chi connectivity index (χ4n) is 1.26. The summed E-state index contributed by atoms with van der Waals surface area (Å²) >= 11 is 6.64.